The molecule has 0 saturated carbocycles. The second-order valence-electron chi connectivity index (χ2n) is 11.2. The summed E-state index contributed by atoms with van der Waals surface area (Å²) in [6.45, 7) is 12.2. The van der Waals surface area contributed by atoms with E-state index in [2.05, 4.69) is 26.0 Å². The Morgan fingerprint density at radius 3 is 2.34 bits per heavy atom. The summed E-state index contributed by atoms with van der Waals surface area (Å²) < 4.78 is 9.69. The highest BCUT2D eigenvalue weighted by Crippen LogP contribution is 2.33. The predicted molar refractivity (Wildman–Crippen MR) is 172 cm³/mol. The van der Waals surface area contributed by atoms with Gasteiger partial charge in [0.25, 0.3) is 5.56 Å². The lowest BCUT2D eigenvalue weighted by molar-refractivity contribution is -0.139. The SMILES string of the molecule is CCCC1=C(C(=O)OCC)[C@@H](c2ccc(C(C)C)cc2)n2c(s/c(=C\c3cc(C)n(-c4ccc(C(=O)O)cc4)c3C)c2=O)=N1. The van der Waals surface area contributed by atoms with Crippen LogP contribution < -0.4 is 14.9 Å². The first-order valence-electron chi connectivity index (χ1n) is 14.9. The van der Waals surface area contributed by atoms with Crippen molar-refractivity contribution in [3.63, 3.8) is 0 Å². The Morgan fingerprint density at radius 1 is 1.07 bits per heavy atom. The molecule has 0 fully saturated rings. The van der Waals surface area contributed by atoms with Crippen LogP contribution in [0.3, 0.4) is 0 Å². The Morgan fingerprint density at radius 2 is 1.75 bits per heavy atom. The monoisotopic (exact) mass is 611 g/mol. The first-order valence-corrected chi connectivity index (χ1v) is 15.7. The number of aromatic carboxylic acids is 1. The van der Waals surface area contributed by atoms with Crippen molar-refractivity contribution in [2.75, 3.05) is 6.61 Å². The molecule has 9 heteroatoms. The van der Waals surface area contributed by atoms with Gasteiger partial charge in [-0.15, -0.1) is 0 Å². The molecule has 5 rings (SSSR count). The first-order chi connectivity index (χ1) is 21.0. The number of carbonyl (C=O) groups is 2. The van der Waals surface area contributed by atoms with Gasteiger partial charge >= 0.3 is 11.9 Å². The van der Waals surface area contributed by atoms with Crippen LogP contribution in [0, 0.1) is 13.8 Å². The molecule has 0 unspecified atom stereocenters. The Labute approximate surface area is 260 Å². The number of rotatable bonds is 9. The molecule has 44 heavy (non-hydrogen) atoms. The fraction of sp³-hybridized carbons (Fsp3) is 0.314. The van der Waals surface area contributed by atoms with Gasteiger partial charge in [-0.25, -0.2) is 14.6 Å². The Balaban J connectivity index is 1.68. The third kappa shape index (κ3) is 5.71. The van der Waals surface area contributed by atoms with Crippen molar-refractivity contribution in [1.82, 2.24) is 9.13 Å². The maximum Gasteiger partial charge on any atom is 0.338 e. The van der Waals surface area contributed by atoms with Crippen LogP contribution in [0.25, 0.3) is 11.8 Å². The van der Waals surface area contributed by atoms with Gasteiger partial charge in [-0.05, 0) is 86.2 Å². The lowest BCUT2D eigenvalue weighted by atomic mass is 9.92. The number of aromatic nitrogens is 2. The van der Waals surface area contributed by atoms with Crippen LogP contribution >= 0.6 is 11.3 Å². The number of nitrogens with zero attached hydrogens (tertiary/aromatic N) is 3. The lowest BCUT2D eigenvalue weighted by Crippen LogP contribution is -2.40. The topological polar surface area (TPSA) is 103 Å². The summed E-state index contributed by atoms with van der Waals surface area (Å²) in [7, 11) is 0. The smallest absolute Gasteiger partial charge is 0.338 e. The number of benzene rings is 2. The molecule has 1 aliphatic rings. The number of carboxylic acid groups (broad SMARTS) is 1. The van der Waals surface area contributed by atoms with Crippen molar-refractivity contribution in [2.24, 2.45) is 4.99 Å². The molecule has 0 saturated heterocycles. The van der Waals surface area contributed by atoms with E-state index in [0.717, 1.165) is 34.6 Å². The van der Waals surface area contributed by atoms with Crippen LogP contribution in [-0.2, 0) is 9.53 Å². The van der Waals surface area contributed by atoms with E-state index in [0.29, 0.717) is 32.9 Å². The zero-order valence-corrected chi connectivity index (χ0v) is 26.7. The maximum atomic E-state index is 14.2. The van der Waals surface area contributed by atoms with Crippen LogP contribution in [0.15, 0.2) is 75.7 Å². The summed E-state index contributed by atoms with van der Waals surface area (Å²) in [5, 5.41) is 9.29. The Kier molecular flexibility index (Phi) is 8.87. The van der Waals surface area contributed by atoms with E-state index in [1.54, 1.807) is 35.8 Å². The molecule has 1 N–H and O–H groups in total. The summed E-state index contributed by atoms with van der Waals surface area (Å²) >= 11 is 1.31. The average molecular weight is 612 g/mol. The second kappa shape index (κ2) is 12.6. The minimum atomic E-state index is -0.976. The highest BCUT2D eigenvalue weighted by Gasteiger charge is 2.34. The highest BCUT2D eigenvalue weighted by atomic mass is 32.1. The van der Waals surface area contributed by atoms with Gasteiger partial charge in [0.2, 0.25) is 0 Å². The minimum absolute atomic E-state index is 0.218. The van der Waals surface area contributed by atoms with Crippen LogP contribution in [0.5, 0.6) is 0 Å². The Bertz CT molecular complexity index is 1940. The van der Waals surface area contributed by atoms with Crippen molar-refractivity contribution in [3.05, 3.63) is 119 Å². The number of ether oxygens (including phenoxy) is 1. The number of hydrogen-bond acceptors (Lipinski definition) is 6. The minimum Gasteiger partial charge on any atom is -0.478 e. The van der Waals surface area contributed by atoms with Gasteiger partial charge in [-0.2, -0.15) is 0 Å². The van der Waals surface area contributed by atoms with Crippen molar-refractivity contribution >= 4 is 29.4 Å². The fourth-order valence-corrected chi connectivity index (χ4v) is 6.74. The van der Waals surface area contributed by atoms with E-state index in [1.807, 2.05) is 49.6 Å². The molecule has 0 spiro atoms. The number of carboxylic acids is 1. The molecule has 1 aliphatic heterocycles. The summed E-state index contributed by atoms with van der Waals surface area (Å²) in [5.74, 6) is -1.09. The van der Waals surface area contributed by atoms with Crippen LogP contribution in [0.1, 0.15) is 90.9 Å². The molecule has 2 aromatic heterocycles. The number of esters is 1. The van der Waals surface area contributed by atoms with Crippen LogP contribution in [0.2, 0.25) is 0 Å². The fourth-order valence-electron chi connectivity index (χ4n) is 5.72. The predicted octanol–water partition coefficient (Wildman–Crippen LogP) is 5.81. The number of aryl methyl sites for hydroxylation is 1. The third-order valence-corrected chi connectivity index (χ3v) is 8.92. The molecule has 3 heterocycles. The molecule has 8 nitrogen and oxygen atoms in total. The van der Waals surface area contributed by atoms with E-state index >= 15 is 0 Å². The molecule has 228 valence electrons. The maximum absolute atomic E-state index is 14.2. The van der Waals surface area contributed by atoms with Crippen LogP contribution in [0.4, 0.5) is 0 Å². The zero-order chi connectivity index (χ0) is 31.7. The summed E-state index contributed by atoms with van der Waals surface area (Å²) in [5.41, 5.74) is 6.62. The van der Waals surface area contributed by atoms with Crippen LogP contribution in [-0.4, -0.2) is 32.8 Å². The third-order valence-electron chi connectivity index (χ3n) is 7.94. The summed E-state index contributed by atoms with van der Waals surface area (Å²) in [4.78, 5) is 44.4. The molecule has 2 aromatic carbocycles. The van der Waals surface area contributed by atoms with E-state index in [-0.39, 0.29) is 17.7 Å². The average Bonchev–Trinajstić information content (AvgIpc) is 3.46. The molecular formula is C35H37N3O5S. The number of allylic oxidation sites excluding steroid dienone is 1. The molecular weight excluding hydrogens is 574 g/mol. The Hall–Kier alpha value is -4.50. The summed E-state index contributed by atoms with van der Waals surface area (Å²) in [6.07, 6.45) is 3.25. The van der Waals surface area contributed by atoms with Gasteiger partial charge in [-0.3, -0.25) is 9.36 Å². The van der Waals surface area contributed by atoms with Gasteiger partial charge in [0.1, 0.15) is 0 Å². The molecule has 4 aromatic rings. The van der Waals surface area contributed by atoms with E-state index < -0.39 is 18.0 Å². The van der Waals surface area contributed by atoms with Gasteiger partial charge in [-0.1, -0.05) is 62.8 Å². The van der Waals surface area contributed by atoms with Gasteiger partial charge in [0, 0.05) is 17.1 Å². The number of thiazole rings is 1. The molecule has 1 atom stereocenters. The molecule has 0 radical (unpaired) electrons. The second-order valence-corrected chi connectivity index (χ2v) is 12.3. The van der Waals surface area contributed by atoms with E-state index in [4.69, 9.17) is 9.73 Å². The quantitative estimate of drug-likeness (QED) is 0.241. The lowest BCUT2D eigenvalue weighted by Gasteiger charge is -2.26. The number of carbonyl (C=O) groups excluding carboxylic acids is 1. The molecule has 0 amide bonds. The van der Waals surface area contributed by atoms with Crippen molar-refractivity contribution in [2.45, 2.75) is 66.3 Å². The normalized spacial score (nSPS) is 15.0. The number of fused-ring (bicyclic) bond motifs is 1. The first kappa shape index (κ1) is 30.9. The summed E-state index contributed by atoms with van der Waals surface area (Å²) in [6, 6.07) is 16.2. The van der Waals surface area contributed by atoms with Gasteiger partial charge in [0.15, 0.2) is 4.80 Å². The zero-order valence-electron chi connectivity index (χ0n) is 25.9. The largest absolute Gasteiger partial charge is 0.478 e. The number of hydrogen-bond donors (Lipinski definition) is 1. The molecule has 0 aliphatic carbocycles. The van der Waals surface area contributed by atoms with Gasteiger partial charge < -0.3 is 14.4 Å². The van der Waals surface area contributed by atoms with Crippen molar-refractivity contribution < 1.29 is 19.4 Å². The standard InChI is InChI=1S/C35H37N3O5S/c1-7-9-28-30(34(42)43-8-2)31(24-12-10-23(11-13-24)20(3)4)38-32(39)29(44-35(38)36-28)19-26-18-21(5)37(22(26)6)27-16-14-25(15-17-27)33(40)41/h10-20,31H,7-9H2,1-6H3,(H,40,41)/b29-19-/t31-/m1/s1. The van der Waals surface area contributed by atoms with Gasteiger partial charge in [0.05, 0.1) is 34.0 Å². The van der Waals surface area contributed by atoms with E-state index in [1.165, 1.54) is 16.9 Å². The van der Waals surface area contributed by atoms with E-state index in [9.17, 15) is 19.5 Å². The highest BCUT2D eigenvalue weighted by molar-refractivity contribution is 7.07. The van der Waals surface area contributed by atoms with Crippen molar-refractivity contribution in [1.29, 1.82) is 0 Å². The molecule has 0 bridgehead atoms. The van der Waals surface area contributed by atoms with Crippen molar-refractivity contribution in [3.8, 4) is 5.69 Å².